The lowest BCUT2D eigenvalue weighted by molar-refractivity contribution is 0.210. The van der Waals surface area contributed by atoms with Crippen molar-refractivity contribution in [3.05, 3.63) is 48.3 Å². The molecular formula is C12H16O2. The Bertz CT molecular complexity index is 297. The van der Waals surface area contributed by atoms with E-state index in [2.05, 4.69) is 6.58 Å². The van der Waals surface area contributed by atoms with Gasteiger partial charge in [0.15, 0.2) is 0 Å². The van der Waals surface area contributed by atoms with E-state index in [1.165, 1.54) is 0 Å². The maximum atomic E-state index is 9.75. The molecular weight excluding hydrogens is 176 g/mol. The molecule has 0 aromatic carbocycles. The summed E-state index contributed by atoms with van der Waals surface area (Å²) in [6, 6.07) is 0. The van der Waals surface area contributed by atoms with E-state index in [9.17, 15) is 5.11 Å². The van der Waals surface area contributed by atoms with Gasteiger partial charge in [-0.05, 0) is 13.0 Å². The maximum absolute atomic E-state index is 9.75. The lowest BCUT2D eigenvalue weighted by atomic mass is 9.87. The first kappa shape index (κ1) is 10.8. The zero-order chi connectivity index (χ0) is 10.6. The molecule has 0 aliphatic heterocycles. The van der Waals surface area contributed by atoms with Gasteiger partial charge in [0.2, 0.25) is 0 Å². The molecule has 0 saturated carbocycles. The summed E-state index contributed by atoms with van der Waals surface area (Å²) >= 11 is 0. The van der Waals surface area contributed by atoms with Crippen LogP contribution >= 0.6 is 0 Å². The van der Waals surface area contributed by atoms with Crippen LogP contribution in [0.25, 0.3) is 0 Å². The summed E-state index contributed by atoms with van der Waals surface area (Å²) in [4.78, 5) is 0. The monoisotopic (exact) mass is 192 g/mol. The molecule has 0 fully saturated rings. The Morgan fingerprint density at radius 3 is 2.64 bits per heavy atom. The van der Waals surface area contributed by atoms with E-state index in [-0.39, 0.29) is 24.2 Å². The van der Waals surface area contributed by atoms with Crippen LogP contribution in [-0.4, -0.2) is 16.8 Å². The van der Waals surface area contributed by atoms with Gasteiger partial charge in [0.05, 0.1) is 12.4 Å². The molecule has 0 heterocycles. The van der Waals surface area contributed by atoms with Crippen molar-refractivity contribution in [1.29, 1.82) is 0 Å². The molecule has 2 nitrogen and oxygen atoms in total. The normalized spacial score (nSPS) is 26.6. The lowest BCUT2D eigenvalue weighted by Gasteiger charge is -2.21. The number of hydrogen-bond donors (Lipinski definition) is 2. The Morgan fingerprint density at radius 1 is 1.43 bits per heavy atom. The molecule has 14 heavy (non-hydrogen) atoms. The third kappa shape index (κ3) is 2.60. The van der Waals surface area contributed by atoms with Crippen molar-refractivity contribution in [3.63, 3.8) is 0 Å². The number of rotatable bonds is 3. The topological polar surface area (TPSA) is 40.5 Å². The second-order valence-corrected chi connectivity index (χ2v) is 3.56. The smallest absolute Gasteiger partial charge is 0.1000 e. The summed E-state index contributed by atoms with van der Waals surface area (Å²) in [5.74, 6) is 0.106. The van der Waals surface area contributed by atoms with Gasteiger partial charge in [0, 0.05) is 11.8 Å². The molecule has 76 valence electrons. The summed E-state index contributed by atoms with van der Waals surface area (Å²) in [7, 11) is 0. The third-order valence-electron chi connectivity index (χ3n) is 2.20. The van der Waals surface area contributed by atoms with Crippen molar-refractivity contribution in [2.75, 3.05) is 6.61 Å². The van der Waals surface area contributed by atoms with Crippen LogP contribution in [-0.2, 0) is 0 Å². The molecule has 1 rings (SSSR count). The van der Waals surface area contributed by atoms with Crippen molar-refractivity contribution in [3.8, 4) is 0 Å². The van der Waals surface area contributed by atoms with Gasteiger partial charge in [-0.15, -0.1) is 0 Å². The van der Waals surface area contributed by atoms with Crippen LogP contribution in [0.3, 0.4) is 0 Å². The Labute approximate surface area is 84.6 Å². The molecule has 0 bridgehead atoms. The van der Waals surface area contributed by atoms with Crippen LogP contribution in [0.4, 0.5) is 0 Å². The zero-order valence-corrected chi connectivity index (χ0v) is 8.35. The molecule has 0 spiro atoms. The van der Waals surface area contributed by atoms with Gasteiger partial charge in [-0.25, -0.2) is 0 Å². The Kier molecular flexibility index (Phi) is 3.72. The lowest BCUT2D eigenvalue weighted by Crippen LogP contribution is -2.18. The average Bonchev–Trinajstić information content (AvgIpc) is 2.16. The molecule has 0 aromatic heterocycles. The first-order valence-electron chi connectivity index (χ1n) is 4.67. The molecule has 1 aliphatic rings. The highest BCUT2D eigenvalue weighted by atomic mass is 16.3. The van der Waals surface area contributed by atoms with Crippen LogP contribution < -0.4 is 0 Å². The minimum absolute atomic E-state index is 0.0319. The van der Waals surface area contributed by atoms with Crippen LogP contribution in [0.5, 0.6) is 0 Å². The van der Waals surface area contributed by atoms with Gasteiger partial charge in [-0.2, -0.15) is 0 Å². The first-order chi connectivity index (χ1) is 6.65. The summed E-state index contributed by atoms with van der Waals surface area (Å²) in [5, 5.41) is 18.8. The molecule has 1 aliphatic carbocycles. The molecule has 2 heteroatoms. The molecule has 0 aromatic rings. The minimum atomic E-state index is -0.123. The van der Waals surface area contributed by atoms with Gasteiger partial charge >= 0.3 is 0 Å². The van der Waals surface area contributed by atoms with Gasteiger partial charge in [0.1, 0.15) is 0 Å². The van der Waals surface area contributed by atoms with E-state index in [0.717, 1.165) is 5.57 Å². The van der Waals surface area contributed by atoms with Crippen LogP contribution in [0.1, 0.15) is 6.92 Å². The second kappa shape index (κ2) is 4.82. The fourth-order valence-corrected chi connectivity index (χ4v) is 1.49. The van der Waals surface area contributed by atoms with Gasteiger partial charge in [-0.3, -0.25) is 0 Å². The van der Waals surface area contributed by atoms with E-state index < -0.39 is 0 Å². The van der Waals surface area contributed by atoms with Gasteiger partial charge < -0.3 is 10.2 Å². The first-order valence-corrected chi connectivity index (χ1v) is 4.67. The average molecular weight is 192 g/mol. The summed E-state index contributed by atoms with van der Waals surface area (Å²) in [6.07, 6.45) is 9.17. The molecule has 2 unspecified atom stereocenters. The quantitative estimate of drug-likeness (QED) is 0.532. The van der Waals surface area contributed by atoms with Crippen LogP contribution in [0, 0.1) is 11.8 Å². The SMILES string of the molecule is C=C(C)/C=C(/O)C1C=CC=CC1CO. The zero-order valence-electron chi connectivity index (χ0n) is 8.35. The molecule has 0 saturated heterocycles. The number of allylic oxidation sites excluding steroid dienone is 5. The molecule has 2 N–H and O–H groups in total. The second-order valence-electron chi connectivity index (χ2n) is 3.56. The van der Waals surface area contributed by atoms with Crippen LogP contribution in [0.2, 0.25) is 0 Å². The Morgan fingerprint density at radius 2 is 2.07 bits per heavy atom. The van der Waals surface area contributed by atoms with E-state index in [4.69, 9.17) is 5.11 Å². The van der Waals surface area contributed by atoms with Gasteiger partial charge in [0.25, 0.3) is 0 Å². The standard InChI is InChI=1S/C12H16O2/c1-9(2)7-12(14)11-6-4-3-5-10(11)8-13/h3-7,10-11,13-14H,1,8H2,2H3/b12-7+. The van der Waals surface area contributed by atoms with Crippen molar-refractivity contribution in [1.82, 2.24) is 0 Å². The Balaban J connectivity index is 2.80. The van der Waals surface area contributed by atoms with E-state index in [1.54, 1.807) is 6.08 Å². The van der Waals surface area contributed by atoms with Crippen LogP contribution in [0.15, 0.2) is 48.3 Å². The fourth-order valence-electron chi connectivity index (χ4n) is 1.49. The largest absolute Gasteiger partial charge is 0.512 e. The summed E-state index contributed by atoms with van der Waals surface area (Å²) in [6.45, 7) is 5.57. The van der Waals surface area contributed by atoms with Crippen molar-refractivity contribution < 1.29 is 10.2 Å². The number of aliphatic hydroxyl groups is 2. The van der Waals surface area contributed by atoms with Crippen molar-refractivity contribution in [2.24, 2.45) is 11.8 Å². The fraction of sp³-hybridized carbons (Fsp3) is 0.333. The molecule has 0 radical (unpaired) electrons. The van der Waals surface area contributed by atoms with E-state index in [0.29, 0.717) is 0 Å². The van der Waals surface area contributed by atoms with E-state index >= 15 is 0 Å². The third-order valence-corrected chi connectivity index (χ3v) is 2.20. The summed E-state index contributed by atoms with van der Waals surface area (Å²) < 4.78 is 0. The van der Waals surface area contributed by atoms with Crippen molar-refractivity contribution >= 4 is 0 Å². The molecule has 2 atom stereocenters. The number of aliphatic hydroxyl groups excluding tert-OH is 2. The highest BCUT2D eigenvalue weighted by Crippen LogP contribution is 2.25. The highest BCUT2D eigenvalue weighted by Gasteiger charge is 2.21. The van der Waals surface area contributed by atoms with Crippen molar-refractivity contribution in [2.45, 2.75) is 6.92 Å². The Hall–Kier alpha value is -1.28. The number of hydrogen-bond acceptors (Lipinski definition) is 2. The highest BCUT2D eigenvalue weighted by molar-refractivity contribution is 5.25. The summed E-state index contributed by atoms with van der Waals surface area (Å²) in [5.41, 5.74) is 0.808. The predicted octanol–water partition coefficient (Wildman–Crippen LogP) is 2.36. The van der Waals surface area contributed by atoms with E-state index in [1.807, 2.05) is 31.2 Å². The maximum Gasteiger partial charge on any atom is 0.1000 e. The van der Waals surface area contributed by atoms with Gasteiger partial charge in [-0.1, -0.05) is 36.5 Å². The predicted molar refractivity (Wildman–Crippen MR) is 57.9 cm³/mol. The molecule has 0 amide bonds. The minimum Gasteiger partial charge on any atom is -0.512 e.